The van der Waals surface area contributed by atoms with Gasteiger partial charge in [-0.2, -0.15) is 0 Å². The number of aryl methyl sites for hydroxylation is 2. The monoisotopic (exact) mass is 220 g/mol. The minimum Gasteiger partial charge on any atom is -0.318 e. The molecule has 2 aromatic rings. The molecule has 0 spiro atoms. The van der Waals surface area contributed by atoms with E-state index in [1.165, 1.54) is 4.57 Å². The Labute approximate surface area is 90.9 Å². The number of hydrogen-bond acceptors (Lipinski definition) is 3. The van der Waals surface area contributed by atoms with Gasteiger partial charge in [-0.15, -0.1) is 6.58 Å². The van der Waals surface area contributed by atoms with E-state index >= 15 is 0 Å². The molecular formula is C10H12N4O2. The molecule has 0 saturated carbocycles. The lowest BCUT2D eigenvalue weighted by Crippen LogP contribution is -2.29. The van der Waals surface area contributed by atoms with E-state index in [2.05, 4.69) is 16.5 Å². The number of aromatic nitrogens is 4. The van der Waals surface area contributed by atoms with Gasteiger partial charge in [0, 0.05) is 13.6 Å². The third-order valence-electron chi connectivity index (χ3n) is 2.51. The average molecular weight is 220 g/mol. The lowest BCUT2D eigenvalue weighted by atomic mass is 10.5. The first-order valence-electron chi connectivity index (χ1n) is 4.83. The van der Waals surface area contributed by atoms with Gasteiger partial charge in [0.15, 0.2) is 11.2 Å². The summed E-state index contributed by atoms with van der Waals surface area (Å²) in [5.41, 5.74) is -0.0751. The Bertz CT molecular complexity index is 674. The molecule has 0 amide bonds. The number of nitrogens with zero attached hydrogens (tertiary/aromatic N) is 3. The highest BCUT2D eigenvalue weighted by molar-refractivity contribution is 5.70. The minimum absolute atomic E-state index is 0.396. The molecule has 0 atom stereocenters. The Morgan fingerprint density at radius 1 is 1.50 bits per heavy atom. The number of rotatable bonds is 2. The van der Waals surface area contributed by atoms with Gasteiger partial charge in [0.25, 0.3) is 5.56 Å². The average Bonchev–Trinajstić information content (AvgIpc) is 2.54. The van der Waals surface area contributed by atoms with E-state index in [0.29, 0.717) is 23.5 Å². The molecule has 16 heavy (non-hydrogen) atoms. The normalized spacial score (nSPS) is 10.9. The molecule has 0 aliphatic heterocycles. The largest absolute Gasteiger partial charge is 0.329 e. The van der Waals surface area contributed by atoms with Gasteiger partial charge in [-0.05, 0) is 6.92 Å². The first-order valence-corrected chi connectivity index (χ1v) is 4.83. The fourth-order valence-electron chi connectivity index (χ4n) is 1.70. The van der Waals surface area contributed by atoms with Crippen LogP contribution in [-0.2, 0) is 13.6 Å². The molecule has 0 saturated heterocycles. The van der Waals surface area contributed by atoms with E-state index in [-0.39, 0.29) is 0 Å². The van der Waals surface area contributed by atoms with E-state index in [1.807, 2.05) is 0 Å². The molecule has 0 unspecified atom stereocenters. The molecule has 0 aliphatic carbocycles. The molecule has 84 valence electrons. The zero-order chi connectivity index (χ0) is 11.9. The van der Waals surface area contributed by atoms with Gasteiger partial charge in [-0.1, -0.05) is 6.08 Å². The number of aromatic amines is 1. The standard InChI is InChI=1S/C10H12N4O2/c1-4-5-14-6(2)11-8-7(14)9(15)12-10(16)13(8)3/h4H,1,5H2,2-3H3,(H,12,15,16). The second-order valence-electron chi connectivity index (χ2n) is 3.55. The third-order valence-corrected chi connectivity index (χ3v) is 2.51. The highest BCUT2D eigenvalue weighted by Gasteiger charge is 2.13. The van der Waals surface area contributed by atoms with Crippen molar-refractivity contribution in [3.63, 3.8) is 0 Å². The van der Waals surface area contributed by atoms with Crippen LogP contribution in [0.3, 0.4) is 0 Å². The summed E-state index contributed by atoms with van der Waals surface area (Å²) >= 11 is 0. The summed E-state index contributed by atoms with van der Waals surface area (Å²) < 4.78 is 3.05. The van der Waals surface area contributed by atoms with Crippen molar-refractivity contribution in [3.05, 3.63) is 39.3 Å². The summed E-state index contributed by atoms with van der Waals surface area (Å²) in [6, 6.07) is 0. The van der Waals surface area contributed by atoms with Crippen molar-refractivity contribution in [1.29, 1.82) is 0 Å². The number of fused-ring (bicyclic) bond motifs is 1. The van der Waals surface area contributed by atoms with Crippen LogP contribution >= 0.6 is 0 Å². The predicted molar refractivity (Wildman–Crippen MR) is 60.5 cm³/mol. The lowest BCUT2D eigenvalue weighted by Gasteiger charge is -2.01. The van der Waals surface area contributed by atoms with Crippen molar-refractivity contribution in [1.82, 2.24) is 19.1 Å². The van der Waals surface area contributed by atoms with Gasteiger partial charge >= 0.3 is 5.69 Å². The van der Waals surface area contributed by atoms with Gasteiger partial charge in [-0.25, -0.2) is 9.78 Å². The smallest absolute Gasteiger partial charge is 0.318 e. The fourth-order valence-corrected chi connectivity index (χ4v) is 1.70. The summed E-state index contributed by atoms with van der Waals surface area (Å²) in [5, 5.41) is 0. The number of nitrogens with one attached hydrogen (secondary N) is 1. The summed E-state index contributed by atoms with van der Waals surface area (Å²) in [5.74, 6) is 0.682. The van der Waals surface area contributed by atoms with Crippen LogP contribution in [0.5, 0.6) is 0 Å². The van der Waals surface area contributed by atoms with Crippen molar-refractivity contribution < 1.29 is 0 Å². The molecule has 6 heteroatoms. The van der Waals surface area contributed by atoms with Gasteiger partial charge in [-0.3, -0.25) is 14.3 Å². The Morgan fingerprint density at radius 2 is 2.19 bits per heavy atom. The van der Waals surface area contributed by atoms with Gasteiger partial charge in [0.05, 0.1) is 0 Å². The highest BCUT2D eigenvalue weighted by atomic mass is 16.2. The quantitative estimate of drug-likeness (QED) is 0.719. The van der Waals surface area contributed by atoms with Crippen LogP contribution in [0.1, 0.15) is 5.82 Å². The Balaban J connectivity index is 3.00. The zero-order valence-electron chi connectivity index (χ0n) is 9.15. The van der Waals surface area contributed by atoms with Crippen molar-refractivity contribution in [2.24, 2.45) is 7.05 Å². The van der Waals surface area contributed by atoms with E-state index in [0.717, 1.165) is 0 Å². The zero-order valence-corrected chi connectivity index (χ0v) is 9.15. The summed E-state index contributed by atoms with van der Waals surface area (Å²) in [6.07, 6.45) is 1.68. The summed E-state index contributed by atoms with van der Waals surface area (Å²) in [4.78, 5) is 29.5. The molecule has 2 aromatic heterocycles. The topological polar surface area (TPSA) is 72.7 Å². The number of H-pyrrole nitrogens is 1. The van der Waals surface area contributed by atoms with Crippen LogP contribution in [0.25, 0.3) is 11.2 Å². The molecule has 6 nitrogen and oxygen atoms in total. The van der Waals surface area contributed by atoms with Crippen LogP contribution in [0, 0.1) is 6.92 Å². The molecule has 0 aliphatic rings. The third kappa shape index (κ3) is 1.30. The van der Waals surface area contributed by atoms with Crippen molar-refractivity contribution in [3.8, 4) is 0 Å². The molecule has 0 radical (unpaired) electrons. The van der Waals surface area contributed by atoms with E-state index in [1.54, 1.807) is 24.6 Å². The molecule has 0 fully saturated rings. The van der Waals surface area contributed by atoms with Crippen LogP contribution in [0.4, 0.5) is 0 Å². The van der Waals surface area contributed by atoms with E-state index < -0.39 is 11.2 Å². The molecule has 0 bridgehead atoms. The Morgan fingerprint density at radius 3 is 2.81 bits per heavy atom. The van der Waals surface area contributed by atoms with Gasteiger partial charge in [0.2, 0.25) is 0 Å². The molecule has 2 rings (SSSR count). The van der Waals surface area contributed by atoms with Crippen molar-refractivity contribution >= 4 is 11.2 Å². The first-order chi connectivity index (χ1) is 7.56. The lowest BCUT2D eigenvalue weighted by molar-refractivity contribution is 0.799. The molecule has 0 aromatic carbocycles. The summed E-state index contributed by atoms with van der Waals surface area (Å²) in [6.45, 7) is 5.90. The Kier molecular flexibility index (Phi) is 2.26. The van der Waals surface area contributed by atoms with E-state index in [4.69, 9.17) is 0 Å². The van der Waals surface area contributed by atoms with Crippen molar-refractivity contribution in [2.75, 3.05) is 0 Å². The fraction of sp³-hybridized carbons (Fsp3) is 0.300. The first kappa shape index (κ1) is 10.4. The molecule has 2 heterocycles. The van der Waals surface area contributed by atoms with Gasteiger partial charge < -0.3 is 4.57 Å². The summed E-state index contributed by atoms with van der Waals surface area (Å²) in [7, 11) is 1.57. The van der Waals surface area contributed by atoms with Gasteiger partial charge in [0.1, 0.15) is 5.82 Å². The second-order valence-corrected chi connectivity index (χ2v) is 3.55. The van der Waals surface area contributed by atoms with Crippen LogP contribution in [0.15, 0.2) is 22.2 Å². The number of hydrogen-bond donors (Lipinski definition) is 1. The predicted octanol–water partition coefficient (Wildman–Crippen LogP) is -0.0823. The van der Waals surface area contributed by atoms with Crippen molar-refractivity contribution in [2.45, 2.75) is 13.5 Å². The Hall–Kier alpha value is -2.11. The highest BCUT2D eigenvalue weighted by Crippen LogP contribution is 2.09. The maximum absolute atomic E-state index is 11.7. The maximum atomic E-state index is 11.7. The van der Waals surface area contributed by atoms with Crippen LogP contribution in [0.2, 0.25) is 0 Å². The maximum Gasteiger partial charge on any atom is 0.329 e. The van der Waals surface area contributed by atoms with E-state index in [9.17, 15) is 9.59 Å². The second kappa shape index (κ2) is 3.48. The van der Waals surface area contributed by atoms with Crippen LogP contribution < -0.4 is 11.2 Å². The minimum atomic E-state index is -0.458. The number of allylic oxidation sites excluding steroid dienone is 1. The molecule has 1 N–H and O–H groups in total. The number of imidazole rings is 1. The SMILES string of the molecule is C=CCn1c(C)nc2c1c(=O)[nH]c(=O)n2C. The van der Waals surface area contributed by atoms with Crippen LogP contribution in [-0.4, -0.2) is 19.1 Å². The molecular weight excluding hydrogens is 208 g/mol.